The van der Waals surface area contributed by atoms with Crippen LogP contribution in [0.15, 0.2) is 0 Å². The summed E-state index contributed by atoms with van der Waals surface area (Å²) in [4.78, 5) is 0. The van der Waals surface area contributed by atoms with Gasteiger partial charge in [0, 0.05) is 12.8 Å². The predicted octanol–water partition coefficient (Wildman–Crippen LogP) is 13.5. The van der Waals surface area contributed by atoms with E-state index >= 15 is 0 Å². The Labute approximate surface area is 237 Å². The highest BCUT2D eigenvalue weighted by molar-refractivity contribution is 7.80. The van der Waals surface area contributed by atoms with Crippen LogP contribution in [-0.2, 0) is 0 Å². The zero-order valence-corrected chi connectivity index (χ0v) is 28.1. The summed E-state index contributed by atoms with van der Waals surface area (Å²) in [6.45, 7) is 34.6. The van der Waals surface area contributed by atoms with Gasteiger partial charge in [0.1, 0.15) is 0 Å². The van der Waals surface area contributed by atoms with Gasteiger partial charge in [-0.15, -0.1) is 0 Å². The van der Waals surface area contributed by atoms with E-state index in [1.54, 1.807) is 41.5 Å². The zero-order chi connectivity index (χ0) is 30.8. The third-order valence-electron chi connectivity index (χ3n) is 4.03. The second kappa shape index (κ2) is 21.8. The normalized spacial score (nSPS) is 12.3. The van der Waals surface area contributed by atoms with Crippen molar-refractivity contribution in [1.29, 1.82) is 0 Å². The molecule has 6 heteroatoms. The number of thiol groups is 1. The summed E-state index contributed by atoms with van der Waals surface area (Å²) in [5.74, 6) is 0.965. The lowest BCUT2D eigenvalue weighted by Crippen LogP contribution is -2.18. The molecule has 37 heavy (non-hydrogen) atoms. The largest absolute Gasteiger partial charge is 0.389 e. The van der Waals surface area contributed by atoms with Crippen molar-refractivity contribution in [3.63, 3.8) is 0 Å². The van der Waals surface area contributed by atoms with Gasteiger partial charge >= 0.3 is 6.18 Å². The Kier molecular flexibility index (Phi) is 29.4. The maximum Gasteiger partial charge on any atom is 0.389 e. The van der Waals surface area contributed by atoms with Crippen LogP contribution >= 0.6 is 12.6 Å². The summed E-state index contributed by atoms with van der Waals surface area (Å²) in [6, 6.07) is 0. The van der Waals surface area contributed by atoms with Crippen LogP contribution in [0.1, 0.15) is 157 Å². The van der Waals surface area contributed by atoms with Gasteiger partial charge < -0.3 is 0 Å². The molecule has 0 radical (unpaired) electrons. The van der Waals surface area contributed by atoms with Crippen LogP contribution in [0.3, 0.4) is 0 Å². The number of alkyl halides is 5. The minimum absolute atomic E-state index is 0. The molecule has 0 amide bonds. The van der Waals surface area contributed by atoms with Gasteiger partial charge in [-0.3, -0.25) is 0 Å². The van der Waals surface area contributed by atoms with E-state index in [9.17, 15) is 22.0 Å². The van der Waals surface area contributed by atoms with Gasteiger partial charge in [-0.05, 0) is 39.2 Å². The maximum atomic E-state index is 11.6. The molecule has 0 rings (SSSR count). The number of halogens is 5. The Morgan fingerprint density at radius 2 is 0.865 bits per heavy atom. The van der Waals surface area contributed by atoms with Gasteiger partial charge in [0.2, 0.25) is 6.43 Å². The summed E-state index contributed by atoms with van der Waals surface area (Å²) >= 11 is 4.10. The van der Waals surface area contributed by atoms with E-state index in [1.165, 1.54) is 19.3 Å². The smallest absolute Gasteiger partial charge is 0.211 e. The molecule has 234 valence electrons. The van der Waals surface area contributed by atoms with E-state index in [4.69, 9.17) is 0 Å². The molecule has 0 unspecified atom stereocenters. The average molecular weight is 569 g/mol. The third-order valence-corrected chi connectivity index (χ3v) is 4.98. The topological polar surface area (TPSA) is 0 Å². The van der Waals surface area contributed by atoms with Gasteiger partial charge in [-0.1, -0.05) is 138 Å². The summed E-state index contributed by atoms with van der Waals surface area (Å²) in [5, 5.41) is 0. The molecule has 0 aromatic rings. The molecule has 0 fully saturated rings. The molecule has 0 aliphatic rings. The van der Waals surface area contributed by atoms with E-state index in [0.29, 0.717) is 16.2 Å². The standard InChI is InChI=1S/C7H16.C6H11F3.C6H12F2.C6H14.C5H12S.CH4/c1-5-6-7(2,3)4;1-5(2,3)4-6(7,8)9;1-6(2,3)4-5(7)8;1-5-6(2,3)4;1-5(2,3)4-6;/h5-6H2,1-4H3;4H2,1-3H3;5H,4H2,1-3H3;5H2,1-4H3;6H,4H2,1-3H3;1H4. The third kappa shape index (κ3) is 94.4. The minimum Gasteiger partial charge on any atom is -0.211 e. The molecular weight excluding hydrogens is 499 g/mol. The molecule has 0 spiro atoms. The number of hydrogen-bond acceptors (Lipinski definition) is 1. The average Bonchev–Trinajstić information content (AvgIpc) is 2.48. The van der Waals surface area contributed by atoms with Crippen molar-refractivity contribution in [2.75, 3.05) is 5.75 Å². The monoisotopic (exact) mass is 569 g/mol. The van der Waals surface area contributed by atoms with Gasteiger partial charge in [0.15, 0.2) is 0 Å². The molecule has 0 aliphatic heterocycles. The molecule has 0 atom stereocenters. The van der Waals surface area contributed by atoms with Crippen LogP contribution in [0, 0.1) is 27.1 Å². The van der Waals surface area contributed by atoms with Crippen molar-refractivity contribution < 1.29 is 22.0 Å². The highest BCUT2D eigenvalue weighted by Gasteiger charge is 2.33. The van der Waals surface area contributed by atoms with E-state index in [0.717, 1.165) is 5.75 Å². The quantitative estimate of drug-likeness (QED) is 0.248. The van der Waals surface area contributed by atoms with Crippen molar-refractivity contribution in [3.05, 3.63) is 0 Å². The van der Waals surface area contributed by atoms with Crippen LogP contribution in [0.4, 0.5) is 22.0 Å². The van der Waals surface area contributed by atoms with Crippen LogP contribution in [-0.4, -0.2) is 18.4 Å². The van der Waals surface area contributed by atoms with Crippen LogP contribution in [0.5, 0.6) is 0 Å². The lowest BCUT2D eigenvalue weighted by molar-refractivity contribution is -0.152. The first-order chi connectivity index (χ1) is 15.3. The van der Waals surface area contributed by atoms with Crippen LogP contribution in [0.2, 0.25) is 0 Å². The lowest BCUT2D eigenvalue weighted by Gasteiger charge is -2.19. The van der Waals surface area contributed by atoms with Crippen molar-refractivity contribution in [1.82, 2.24) is 0 Å². The second-order valence-corrected chi connectivity index (χ2v) is 15.8. The summed E-state index contributed by atoms with van der Waals surface area (Å²) < 4.78 is 57.7. The molecule has 0 N–H and O–H groups in total. The van der Waals surface area contributed by atoms with Gasteiger partial charge in [0.25, 0.3) is 0 Å². The Hall–Kier alpha value is -0.0000000000000000555. The Morgan fingerprint density at radius 1 is 0.568 bits per heavy atom. The molecule has 0 saturated carbocycles. The van der Waals surface area contributed by atoms with E-state index < -0.39 is 24.4 Å². The summed E-state index contributed by atoms with van der Waals surface area (Å²) in [5.41, 5.74) is 0.629. The van der Waals surface area contributed by atoms with E-state index in [2.05, 4.69) is 88.8 Å². The Bertz CT molecular complexity index is 437. The van der Waals surface area contributed by atoms with E-state index in [1.807, 2.05) is 0 Å². The summed E-state index contributed by atoms with van der Waals surface area (Å²) in [7, 11) is 0. The van der Waals surface area contributed by atoms with E-state index in [-0.39, 0.29) is 19.3 Å². The molecule has 0 nitrogen and oxygen atoms in total. The van der Waals surface area contributed by atoms with Gasteiger partial charge in [-0.25, -0.2) is 8.78 Å². The van der Waals surface area contributed by atoms with Crippen LogP contribution in [0.25, 0.3) is 0 Å². The lowest BCUT2D eigenvalue weighted by atomic mass is 9.91. The van der Waals surface area contributed by atoms with Crippen molar-refractivity contribution in [2.24, 2.45) is 27.1 Å². The van der Waals surface area contributed by atoms with Crippen molar-refractivity contribution in [2.45, 2.75) is 170 Å². The molecule has 0 saturated heterocycles. The highest BCUT2D eigenvalue weighted by Crippen LogP contribution is 2.32. The number of rotatable bonds is 2. The predicted molar refractivity (Wildman–Crippen MR) is 164 cm³/mol. The molecule has 0 aromatic heterocycles. The van der Waals surface area contributed by atoms with Crippen molar-refractivity contribution >= 4 is 12.6 Å². The molecule has 0 aromatic carbocycles. The first kappa shape index (κ1) is 49.9. The second-order valence-electron chi connectivity index (χ2n) is 15.5. The fourth-order valence-electron chi connectivity index (χ4n) is 1.81. The first-order valence-electron chi connectivity index (χ1n) is 13.3. The fraction of sp³-hybridized carbons (Fsp3) is 1.00. The molecular formula is C31H69F5S. The van der Waals surface area contributed by atoms with Gasteiger partial charge in [0.05, 0.1) is 0 Å². The molecule has 0 aliphatic carbocycles. The van der Waals surface area contributed by atoms with Crippen LogP contribution < -0.4 is 0 Å². The molecule has 0 bridgehead atoms. The fourth-order valence-corrected chi connectivity index (χ4v) is 1.81. The number of hydrogen-bond donors (Lipinski definition) is 1. The molecule has 0 heterocycles. The zero-order valence-electron chi connectivity index (χ0n) is 27.2. The van der Waals surface area contributed by atoms with Gasteiger partial charge in [-0.2, -0.15) is 25.8 Å². The first-order valence-corrected chi connectivity index (χ1v) is 13.9. The Morgan fingerprint density at radius 3 is 0.865 bits per heavy atom. The SMILES string of the molecule is C.CC(C)(C)CC(F)(F)F.CC(C)(C)CC(F)F.CC(C)(C)CS.CCC(C)(C)C.CCCC(C)(C)C. The summed E-state index contributed by atoms with van der Waals surface area (Å²) in [6.07, 6.45) is -2.97. The Balaban J connectivity index is -0.0000000813. The van der Waals surface area contributed by atoms with Crippen molar-refractivity contribution in [3.8, 4) is 0 Å². The minimum atomic E-state index is -4.02. The maximum absolute atomic E-state index is 11.6. The highest BCUT2D eigenvalue weighted by atomic mass is 32.1.